The fourth-order valence-corrected chi connectivity index (χ4v) is 4.79. The zero-order valence-corrected chi connectivity index (χ0v) is 17.4. The van der Waals surface area contributed by atoms with Crippen LogP contribution in [0.5, 0.6) is 0 Å². The van der Waals surface area contributed by atoms with Crippen molar-refractivity contribution in [3.05, 3.63) is 96.3 Å². The third-order valence-electron chi connectivity index (χ3n) is 6.53. The summed E-state index contributed by atoms with van der Waals surface area (Å²) in [5.41, 5.74) is 3.39. The van der Waals surface area contributed by atoms with Crippen LogP contribution in [-0.2, 0) is 5.41 Å². The molecule has 6 rings (SSSR count). The van der Waals surface area contributed by atoms with Gasteiger partial charge in [-0.2, -0.15) is 0 Å². The molecule has 1 amide bonds. The maximum atomic E-state index is 13.2. The highest BCUT2D eigenvalue weighted by Gasteiger charge is 2.41. The van der Waals surface area contributed by atoms with Crippen LogP contribution in [-0.4, -0.2) is 43.4 Å². The molecule has 7 heteroatoms. The van der Waals surface area contributed by atoms with Gasteiger partial charge >= 0.3 is 0 Å². The molecular weight excluding hydrogens is 402 g/mol. The van der Waals surface area contributed by atoms with Crippen molar-refractivity contribution >= 4 is 22.6 Å². The third-order valence-corrected chi connectivity index (χ3v) is 6.53. The number of piperidine rings is 1. The molecule has 0 unspecified atom stereocenters. The van der Waals surface area contributed by atoms with Crippen molar-refractivity contribution in [2.75, 3.05) is 13.1 Å². The average molecular weight is 423 g/mol. The summed E-state index contributed by atoms with van der Waals surface area (Å²) in [6.45, 7) is 1.20. The number of benzene rings is 1. The largest absolute Gasteiger partial charge is 0.348 e. The zero-order chi connectivity index (χ0) is 21.5. The Bertz CT molecular complexity index is 1380. The number of amides is 1. The van der Waals surface area contributed by atoms with Crippen LogP contribution in [0.2, 0.25) is 0 Å². The van der Waals surface area contributed by atoms with Gasteiger partial charge in [0.25, 0.3) is 5.91 Å². The minimum Gasteiger partial charge on any atom is -0.348 e. The van der Waals surface area contributed by atoms with Crippen LogP contribution < -0.4 is 0 Å². The normalized spacial score (nSPS) is 15.9. The number of hydrogen-bond acceptors (Lipinski definition) is 5. The molecule has 0 saturated carbocycles. The number of carbonyl (C=O) groups is 1. The molecule has 1 saturated heterocycles. The number of nitrogens with zero attached hydrogens (tertiary/aromatic N) is 5. The van der Waals surface area contributed by atoms with E-state index in [1.165, 1.54) is 5.56 Å². The van der Waals surface area contributed by atoms with Gasteiger partial charge in [0, 0.05) is 37.1 Å². The van der Waals surface area contributed by atoms with E-state index in [0.29, 0.717) is 24.1 Å². The first-order valence-electron chi connectivity index (χ1n) is 10.7. The summed E-state index contributed by atoms with van der Waals surface area (Å²) in [7, 11) is 0. The molecule has 1 aliphatic heterocycles. The van der Waals surface area contributed by atoms with Gasteiger partial charge < -0.3 is 13.8 Å². The minimum absolute atomic E-state index is 0.142. The number of carbonyl (C=O) groups excluding carboxylic acids is 1. The maximum absolute atomic E-state index is 13.2. The number of pyridine rings is 2. The Kier molecular flexibility index (Phi) is 4.28. The van der Waals surface area contributed by atoms with E-state index in [2.05, 4.69) is 45.0 Å². The topological polar surface area (TPSA) is 76.5 Å². The molecule has 7 nitrogen and oxygen atoms in total. The van der Waals surface area contributed by atoms with Crippen molar-refractivity contribution in [3.8, 4) is 0 Å². The lowest BCUT2D eigenvalue weighted by Crippen LogP contribution is -2.46. The van der Waals surface area contributed by atoms with Gasteiger partial charge in [-0.1, -0.05) is 41.6 Å². The van der Waals surface area contributed by atoms with Crippen molar-refractivity contribution < 1.29 is 9.32 Å². The van der Waals surface area contributed by atoms with Crippen molar-refractivity contribution in [3.63, 3.8) is 0 Å². The molecule has 1 aromatic carbocycles. The Morgan fingerprint density at radius 3 is 2.59 bits per heavy atom. The van der Waals surface area contributed by atoms with Gasteiger partial charge in [0.1, 0.15) is 5.65 Å². The summed E-state index contributed by atoms with van der Waals surface area (Å²) >= 11 is 0. The number of imidazole rings is 1. The summed E-state index contributed by atoms with van der Waals surface area (Å²) in [6, 6.07) is 20.1. The van der Waals surface area contributed by atoms with Crippen LogP contribution in [0.4, 0.5) is 0 Å². The molecule has 0 aliphatic carbocycles. The monoisotopic (exact) mass is 423 g/mol. The SMILES string of the molecule is O=C(c1onc2ncccc12)N1CCC(c2ccccc2)(c2cn3ccccc3n2)CC1. The highest BCUT2D eigenvalue weighted by atomic mass is 16.5. The van der Waals surface area contributed by atoms with Crippen molar-refractivity contribution in [1.29, 1.82) is 0 Å². The van der Waals surface area contributed by atoms with Crippen LogP contribution in [0.15, 0.2) is 83.8 Å². The summed E-state index contributed by atoms with van der Waals surface area (Å²) in [5, 5.41) is 4.59. The van der Waals surface area contributed by atoms with E-state index in [0.717, 1.165) is 24.2 Å². The smallest absolute Gasteiger partial charge is 0.293 e. The van der Waals surface area contributed by atoms with Crippen LogP contribution in [0.3, 0.4) is 0 Å². The zero-order valence-electron chi connectivity index (χ0n) is 17.4. The van der Waals surface area contributed by atoms with E-state index in [1.807, 2.05) is 41.4 Å². The van der Waals surface area contributed by atoms with Gasteiger partial charge in [-0.25, -0.2) is 9.97 Å². The van der Waals surface area contributed by atoms with Gasteiger partial charge in [0.2, 0.25) is 11.4 Å². The molecule has 158 valence electrons. The van der Waals surface area contributed by atoms with Crippen molar-refractivity contribution in [2.24, 2.45) is 0 Å². The average Bonchev–Trinajstić information content (AvgIpc) is 3.49. The summed E-state index contributed by atoms with van der Waals surface area (Å²) < 4.78 is 7.43. The molecule has 1 fully saturated rings. The van der Waals surface area contributed by atoms with E-state index in [1.54, 1.807) is 12.3 Å². The molecule has 1 aliphatic rings. The first kappa shape index (κ1) is 18.7. The van der Waals surface area contributed by atoms with Crippen LogP contribution in [0, 0.1) is 0 Å². The fourth-order valence-electron chi connectivity index (χ4n) is 4.79. The van der Waals surface area contributed by atoms with Gasteiger partial charge in [-0.15, -0.1) is 0 Å². The first-order chi connectivity index (χ1) is 15.7. The molecular formula is C25H21N5O2. The van der Waals surface area contributed by atoms with E-state index in [-0.39, 0.29) is 17.1 Å². The van der Waals surface area contributed by atoms with E-state index >= 15 is 0 Å². The van der Waals surface area contributed by atoms with Gasteiger partial charge in [0.05, 0.1) is 11.1 Å². The quantitative estimate of drug-likeness (QED) is 0.437. The second-order valence-electron chi connectivity index (χ2n) is 8.22. The second-order valence-corrected chi connectivity index (χ2v) is 8.22. The standard InChI is InChI=1S/C25H21N5O2/c31-24(22-19-9-6-13-26-23(19)28-32-22)29-15-11-25(12-16-29,18-7-2-1-3-8-18)20-17-30-14-5-4-10-21(30)27-20/h1-10,13-14,17H,11-12,15-16H2. The van der Waals surface area contributed by atoms with Crippen LogP contribution in [0.1, 0.15) is 34.7 Å². The predicted molar refractivity (Wildman–Crippen MR) is 119 cm³/mol. The number of aromatic nitrogens is 4. The van der Waals surface area contributed by atoms with Gasteiger partial charge in [0.15, 0.2) is 0 Å². The number of likely N-dealkylation sites (tertiary alicyclic amines) is 1. The molecule has 4 aromatic heterocycles. The number of fused-ring (bicyclic) bond motifs is 2. The first-order valence-corrected chi connectivity index (χ1v) is 10.7. The maximum Gasteiger partial charge on any atom is 0.293 e. The summed E-state index contributed by atoms with van der Waals surface area (Å²) in [6.07, 6.45) is 7.33. The number of hydrogen-bond donors (Lipinski definition) is 0. The molecule has 0 atom stereocenters. The van der Waals surface area contributed by atoms with E-state index in [9.17, 15) is 4.79 Å². The molecule has 32 heavy (non-hydrogen) atoms. The van der Waals surface area contributed by atoms with Crippen LogP contribution in [0.25, 0.3) is 16.7 Å². The minimum atomic E-state index is -0.255. The molecule has 0 spiro atoms. The second kappa shape index (κ2) is 7.30. The lowest BCUT2D eigenvalue weighted by molar-refractivity contribution is 0.0645. The Hall–Kier alpha value is -4.00. The molecule has 0 bridgehead atoms. The Labute approximate surface area is 184 Å². The third kappa shape index (κ3) is 2.89. The Morgan fingerprint density at radius 1 is 0.969 bits per heavy atom. The summed E-state index contributed by atoms with van der Waals surface area (Å²) in [4.78, 5) is 24.2. The Morgan fingerprint density at radius 2 is 1.78 bits per heavy atom. The lowest BCUT2D eigenvalue weighted by atomic mass is 9.70. The van der Waals surface area contributed by atoms with Gasteiger partial charge in [-0.05, 0) is 42.7 Å². The van der Waals surface area contributed by atoms with E-state index in [4.69, 9.17) is 9.51 Å². The molecule has 0 N–H and O–H groups in total. The van der Waals surface area contributed by atoms with Crippen LogP contribution >= 0.6 is 0 Å². The molecule has 0 radical (unpaired) electrons. The fraction of sp³-hybridized carbons (Fsp3) is 0.200. The van der Waals surface area contributed by atoms with Crippen molar-refractivity contribution in [2.45, 2.75) is 18.3 Å². The van der Waals surface area contributed by atoms with Gasteiger partial charge in [-0.3, -0.25) is 4.79 Å². The van der Waals surface area contributed by atoms with Crippen molar-refractivity contribution in [1.82, 2.24) is 24.4 Å². The lowest BCUT2D eigenvalue weighted by Gasteiger charge is -2.41. The molecule has 5 heterocycles. The highest BCUT2D eigenvalue weighted by molar-refractivity contribution is 6.02. The molecule has 5 aromatic rings. The number of rotatable bonds is 3. The predicted octanol–water partition coefficient (Wildman–Crippen LogP) is 4.09. The highest BCUT2D eigenvalue weighted by Crippen LogP contribution is 2.41. The summed E-state index contributed by atoms with van der Waals surface area (Å²) in [5.74, 6) is 0.116. The van der Waals surface area contributed by atoms with E-state index < -0.39 is 0 Å². The Balaban J connectivity index is 1.35.